The van der Waals surface area contributed by atoms with Crippen molar-refractivity contribution in [1.82, 2.24) is 15.5 Å². The second kappa shape index (κ2) is 8.24. The van der Waals surface area contributed by atoms with Crippen molar-refractivity contribution in [3.05, 3.63) is 65.8 Å². The van der Waals surface area contributed by atoms with Gasteiger partial charge in [0.25, 0.3) is 5.91 Å². The molecule has 1 aromatic heterocycles. The molecule has 0 aliphatic rings. The lowest BCUT2D eigenvalue weighted by Gasteiger charge is -2.08. The summed E-state index contributed by atoms with van der Waals surface area (Å²) in [5.41, 5.74) is 1.60. The van der Waals surface area contributed by atoms with Gasteiger partial charge in [-0.05, 0) is 42.0 Å². The number of amides is 1. The van der Waals surface area contributed by atoms with E-state index in [0.717, 1.165) is 11.1 Å². The highest BCUT2D eigenvalue weighted by Crippen LogP contribution is 2.21. The number of hydrogen-bond acceptors (Lipinski definition) is 5. The number of halogens is 1. The Bertz CT molecular complexity index is 860. The lowest BCUT2D eigenvalue weighted by molar-refractivity contribution is -0.123. The van der Waals surface area contributed by atoms with Crippen molar-refractivity contribution < 1.29 is 18.3 Å². The first kappa shape index (κ1) is 17.6. The highest BCUT2D eigenvalue weighted by Gasteiger charge is 2.08. The Balaban J connectivity index is 1.48. The molecule has 1 heterocycles. The molecule has 6 nitrogen and oxygen atoms in total. The predicted octanol–water partition coefficient (Wildman–Crippen LogP) is 3.13. The molecule has 1 N–H and O–H groups in total. The Kier molecular flexibility index (Phi) is 5.58. The van der Waals surface area contributed by atoms with Crippen molar-refractivity contribution in [3.63, 3.8) is 0 Å². The van der Waals surface area contributed by atoms with Crippen LogP contribution in [0.4, 0.5) is 4.39 Å². The van der Waals surface area contributed by atoms with Crippen LogP contribution in [-0.2, 0) is 17.8 Å². The number of carbonyl (C=O) groups excluding carboxylic acids is 1. The van der Waals surface area contributed by atoms with Gasteiger partial charge in [-0.15, -0.1) is 10.2 Å². The molecule has 0 bridgehead atoms. The minimum absolute atomic E-state index is 0.110. The summed E-state index contributed by atoms with van der Waals surface area (Å²) in [4.78, 5) is 11.8. The van der Waals surface area contributed by atoms with Gasteiger partial charge in [-0.1, -0.05) is 19.1 Å². The number of carbonyl (C=O) groups is 1. The second-order valence-electron chi connectivity index (χ2n) is 5.57. The molecule has 0 saturated heterocycles. The van der Waals surface area contributed by atoms with E-state index in [9.17, 15) is 9.18 Å². The van der Waals surface area contributed by atoms with E-state index in [-0.39, 0.29) is 18.3 Å². The molecule has 0 saturated carbocycles. The summed E-state index contributed by atoms with van der Waals surface area (Å²) < 4.78 is 23.8. The Morgan fingerprint density at radius 2 is 1.85 bits per heavy atom. The maximum Gasteiger partial charge on any atom is 0.258 e. The van der Waals surface area contributed by atoms with Crippen LogP contribution in [0.2, 0.25) is 0 Å². The van der Waals surface area contributed by atoms with Crippen molar-refractivity contribution in [2.24, 2.45) is 0 Å². The zero-order chi connectivity index (χ0) is 18.4. The lowest BCUT2D eigenvalue weighted by Crippen LogP contribution is -2.28. The van der Waals surface area contributed by atoms with Crippen LogP contribution in [0, 0.1) is 5.82 Å². The minimum atomic E-state index is -0.307. The summed E-state index contributed by atoms with van der Waals surface area (Å²) in [7, 11) is 0. The third-order valence-electron chi connectivity index (χ3n) is 3.64. The first-order chi connectivity index (χ1) is 12.6. The first-order valence-corrected chi connectivity index (χ1v) is 8.21. The standard InChI is InChI=1S/C19H18FN3O3/c1-2-18-22-23-19(26-18)14-5-9-16(10-6-14)25-12-17(24)21-11-13-3-7-15(20)8-4-13/h3-10H,2,11-12H2,1H3,(H,21,24). The van der Waals surface area contributed by atoms with E-state index in [0.29, 0.717) is 30.5 Å². The van der Waals surface area contributed by atoms with Crippen LogP contribution in [0.15, 0.2) is 52.9 Å². The maximum atomic E-state index is 12.8. The molecule has 3 rings (SSSR count). The smallest absolute Gasteiger partial charge is 0.258 e. The monoisotopic (exact) mass is 355 g/mol. The van der Waals surface area contributed by atoms with Gasteiger partial charge < -0.3 is 14.5 Å². The van der Waals surface area contributed by atoms with Crippen LogP contribution in [0.25, 0.3) is 11.5 Å². The normalized spacial score (nSPS) is 10.5. The van der Waals surface area contributed by atoms with Gasteiger partial charge in [-0.2, -0.15) is 0 Å². The van der Waals surface area contributed by atoms with Gasteiger partial charge in [0.1, 0.15) is 11.6 Å². The highest BCUT2D eigenvalue weighted by atomic mass is 19.1. The topological polar surface area (TPSA) is 77.2 Å². The number of nitrogens with zero attached hydrogens (tertiary/aromatic N) is 2. The zero-order valence-electron chi connectivity index (χ0n) is 14.2. The summed E-state index contributed by atoms with van der Waals surface area (Å²) in [6, 6.07) is 13.0. The van der Waals surface area contributed by atoms with E-state index in [4.69, 9.17) is 9.15 Å². The number of rotatable bonds is 7. The van der Waals surface area contributed by atoms with Crippen LogP contribution in [-0.4, -0.2) is 22.7 Å². The SMILES string of the molecule is CCc1nnc(-c2ccc(OCC(=O)NCc3ccc(F)cc3)cc2)o1. The molecule has 1 amide bonds. The summed E-state index contributed by atoms with van der Waals surface area (Å²) in [5, 5.41) is 10.6. The lowest BCUT2D eigenvalue weighted by atomic mass is 10.2. The number of aromatic nitrogens is 2. The molecule has 26 heavy (non-hydrogen) atoms. The fraction of sp³-hybridized carbons (Fsp3) is 0.211. The Morgan fingerprint density at radius 3 is 2.50 bits per heavy atom. The first-order valence-electron chi connectivity index (χ1n) is 8.21. The second-order valence-corrected chi connectivity index (χ2v) is 5.57. The minimum Gasteiger partial charge on any atom is -0.484 e. The molecule has 0 fully saturated rings. The van der Waals surface area contributed by atoms with Crippen LogP contribution in [0.5, 0.6) is 5.75 Å². The van der Waals surface area contributed by atoms with Gasteiger partial charge in [-0.25, -0.2) is 4.39 Å². The van der Waals surface area contributed by atoms with Crippen molar-refractivity contribution in [1.29, 1.82) is 0 Å². The summed E-state index contributed by atoms with van der Waals surface area (Å²) >= 11 is 0. The van der Waals surface area contributed by atoms with E-state index in [1.165, 1.54) is 12.1 Å². The van der Waals surface area contributed by atoms with Crippen LogP contribution < -0.4 is 10.1 Å². The molecule has 0 radical (unpaired) electrons. The van der Waals surface area contributed by atoms with E-state index in [2.05, 4.69) is 15.5 Å². The molecule has 7 heteroatoms. The van der Waals surface area contributed by atoms with Gasteiger partial charge in [0.2, 0.25) is 11.8 Å². The molecule has 134 valence electrons. The van der Waals surface area contributed by atoms with Crippen molar-refractivity contribution in [3.8, 4) is 17.2 Å². The molecule has 0 atom stereocenters. The molecule has 0 aliphatic heterocycles. The average Bonchev–Trinajstić information content (AvgIpc) is 3.15. The largest absolute Gasteiger partial charge is 0.484 e. The molecule has 2 aromatic carbocycles. The quantitative estimate of drug-likeness (QED) is 0.704. The molecule has 0 spiro atoms. The molecular formula is C19H18FN3O3. The Hall–Kier alpha value is -3.22. The molecule has 0 aliphatic carbocycles. The van der Waals surface area contributed by atoms with Gasteiger partial charge in [-0.3, -0.25) is 4.79 Å². The van der Waals surface area contributed by atoms with Crippen molar-refractivity contribution in [2.75, 3.05) is 6.61 Å². The van der Waals surface area contributed by atoms with Crippen LogP contribution in [0.3, 0.4) is 0 Å². The third-order valence-corrected chi connectivity index (χ3v) is 3.64. The van der Waals surface area contributed by atoms with E-state index in [1.54, 1.807) is 36.4 Å². The average molecular weight is 355 g/mol. The maximum absolute atomic E-state index is 12.8. The molecular weight excluding hydrogens is 337 g/mol. The number of aryl methyl sites for hydroxylation is 1. The van der Waals surface area contributed by atoms with Crippen molar-refractivity contribution >= 4 is 5.91 Å². The van der Waals surface area contributed by atoms with Gasteiger partial charge in [0.15, 0.2) is 6.61 Å². The van der Waals surface area contributed by atoms with Gasteiger partial charge >= 0.3 is 0 Å². The summed E-state index contributed by atoms with van der Waals surface area (Å²) in [6.45, 7) is 2.15. The van der Waals surface area contributed by atoms with Crippen LogP contribution >= 0.6 is 0 Å². The highest BCUT2D eigenvalue weighted by molar-refractivity contribution is 5.77. The van der Waals surface area contributed by atoms with Gasteiger partial charge in [0, 0.05) is 18.5 Å². The number of ether oxygens (including phenoxy) is 1. The van der Waals surface area contributed by atoms with Crippen molar-refractivity contribution in [2.45, 2.75) is 19.9 Å². The Labute approximate surface area is 150 Å². The Morgan fingerprint density at radius 1 is 1.12 bits per heavy atom. The summed E-state index contributed by atoms with van der Waals surface area (Å²) in [5.74, 6) is 1.02. The fourth-order valence-corrected chi connectivity index (χ4v) is 2.21. The summed E-state index contributed by atoms with van der Waals surface area (Å²) in [6.07, 6.45) is 0.682. The van der Waals surface area contributed by atoms with E-state index in [1.807, 2.05) is 6.92 Å². The molecule has 0 unspecified atom stereocenters. The van der Waals surface area contributed by atoms with Crippen LogP contribution in [0.1, 0.15) is 18.4 Å². The zero-order valence-corrected chi connectivity index (χ0v) is 14.2. The van der Waals surface area contributed by atoms with Gasteiger partial charge in [0.05, 0.1) is 0 Å². The van der Waals surface area contributed by atoms with E-state index < -0.39 is 0 Å². The third kappa shape index (κ3) is 4.66. The number of benzene rings is 2. The molecule has 3 aromatic rings. The van der Waals surface area contributed by atoms with E-state index >= 15 is 0 Å². The predicted molar refractivity (Wildman–Crippen MR) is 92.9 cm³/mol. The fourth-order valence-electron chi connectivity index (χ4n) is 2.21. The number of hydrogen-bond donors (Lipinski definition) is 1. The number of nitrogens with one attached hydrogen (secondary N) is 1.